The Morgan fingerprint density at radius 2 is 2.07 bits per heavy atom. The smallest absolute Gasteiger partial charge is 0.150 e. The van der Waals surface area contributed by atoms with Crippen LogP contribution in [0.5, 0.6) is 0 Å². The van der Waals surface area contributed by atoms with Crippen molar-refractivity contribution in [1.82, 2.24) is 0 Å². The molecule has 1 atom stereocenters. The third-order valence-electron chi connectivity index (χ3n) is 3.86. The lowest BCUT2D eigenvalue weighted by Gasteiger charge is -2.28. The third-order valence-corrected chi connectivity index (χ3v) is 3.86. The molecule has 80 valence electrons. The Kier molecular flexibility index (Phi) is 2.10. The van der Waals surface area contributed by atoms with Gasteiger partial charge in [-0.25, -0.2) is 0 Å². The van der Waals surface area contributed by atoms with Crippen molar-refractivity contribution in [1.29, 1.82) is 0 Å². The first kappa shape index (κ1) is 10.2. The predicted molar refractivity (Wildman–Crippen MR) is 62.7 cm³/mol. The molecule has 1 aliphatic rings. The molecular weight excluding hydrogens is 186 g/mol. The van der Waals surface area contributed by atoms with Gasteiger partial charge in [-0.1, -0.05) is 13.8 Å². The van der Waals surface area contributed by atoms with Gasteiger partial charge in [0.15, 0.2) is 0 Å². The van der Waals surface area contributed by atoms with Crippen LogP contribution in [-0.4, -0.2) is 19.4 Å². The minimum absolute atomic E-state index is 0.114. The minimum Gasteiger partial charge on any atom is -0.371 e. The monoisotopic (exact) mass is 203 g/mol. The van der Waals surface area contributed by atoms with Crippen LogP contribution in [0.25, 0.3) is 0 Å². The summed E-state index contributed by atoms with van der Waals surface area (Å²) in [5, 5.41) is 0. The van der Waals surface area contributed by atoms with Gasteiger partial charge in [-0.15, -0.1) is 0 Å². The molecule has 0 saturated heterocycles. The first-order valence-corrected chi connectivity index (χ1v) is 5.31. The van der Waals surface area contributed by atoms with E-state index in [4.69, 9.17) is 0 Å². The zero-order valence-electron chi connectivity index (χ0n) is 9.74. The average Bonchev–Trinajstić information content (AvgIpc) is 2.40. The molecule has 2 nitrogen and oxygen atoms in total. The number of likely N-dealkylation sites (N-methyl/N-ethyl adjacent to an activating group) is 1. The van der Waals surface area contributed by atoms with Gasteiger partial charge >= 0.3 is 0 Å². The number of nitrogens with zero attached hydrogens (tertiary/aromatic N) is 1. The van der Waals surface area contributed by atoms with Gasteiger partial charge < -0.3 is 4.90 Å². The fourth-order valence-corrected chi connectivity index (χ4v) is 2.37. The summed E-state index contributed by atoms with van der Waals surface area (Å²) in [7, 11) is 2.11. The summed E-state index contributed by atoms with van der Waals surface area (Å²) in [6, 6.07) is 6.41. The molecule has 0 N–H and O–H groups in total. The van der Waals surface area contributed by atoms with Gasteiger partial charge in [0.2, 0.25) is 0 Å². The van der Waals surface area contributed by atoms with Crippen molar-refractivity contribution in [2.24, 2.45) is 0 Å². The van der Waals surface area contributed by atoms with Crippen LogP contribution in [0.4, 0.5) is 5.69 Å². The maximum atomic E-state index is 10.8. The molecule has 2 heteroatoms. The lowest BCUT2D eigenvalue weighted by molar-refractivity contribution is 0.112. The van der Waals surface area contributed by atoms with Crippen molar-refractivity contribution in [3.63, 3.8) is 0 Å². The van der Waals surface area contributed by atoms with Crippen molar-refractivity contribution in [2.45, 2.75) is 32.2 Å². The van der Waals surface area contributed by atoms with Crippen molar-refractivity contribution >= 4 is 12.0 Å². The molecule has 0 amide bonds. The van der Waals surface area contributed by atoms with Crippen LogP contribution in [0.1, 0.15) is 36.7 Å². The summed E-state index contributed by atoms with van der Waals surface area (Å²) in [6.07, 6.45) is 0.916. The van der Waals surface area contributed by atoms with E-state index in [9.17, 15) is 4.79 Å². The topological polar surface area (TPSA) is 20.3 Å². The van der Waals surface area contributed by atoms with Crippen LogP contribution in [-0.2, 0) is 5.41 Å². The van der Waals surface area contributed by atoms with E-state index in [1.807, 2.05) is 18.2 Å². The van der Waals surface area contributed by atoms with Crippen LogP contribution in [0.2, 0.25) is 0 Å². The van der Waals surface area contributed by atoms with E-state index in [0.717, 1.165) is 11.8 Å². The van der Waals surface area contributed by atoms with E-state index >= 15 is 0 Å². The van der Waals surface area contributed by atoms with E-state index in [2.05, 4.69) is 32.7 Å². The second-order valence-electron chi connectivity index (χ2n) is 4.90. The van der Waals surface area contributed by atoms with Gasteiger partial charge in [-0.3, -0.25) is 4.79 Å². The molecule has 1 aromatic carbocycles. The van der Waals surface area contributed by atoms with Crippen LogP contribution in [0, 0.1) is 0 Å². The molecule has 0 spiro atoms. The number of carbonyl (C=O) groups is 1. The quantitative estimate of drug-likeness (QED) is 0.654. The van der Waals surface area contributed by atoms with Crippen molar-refractivity contribution in [3.05, 3.63) is 29.3 Å². The molecule has 0 bridgehead atoms. The highest BCUT2D eigenvalue weighted by Gasteiger charge is 2.39. The van der Waals surface area contributed by atoms with Gasteiger partial charge in [0.1, 0.15) is 6.29 Å². The number of hydrogen-bond acceptors (Lipinski definition) is 2. The summed E-state index contributed by atoms with van der Waals surface area (Å²) < 4.78 is 0. The molecular formula is C13H17NO. The lowest BCUT2D eigenvalue weighted by Crippen LogP contribution is -2.36. The number of carbonyl (C=O) groups excluding carboxylic acids is 1. The molecule has 1 aromatic rings. The molecule has 1 aliphatic heterocycles. The molecule has 1 heterocycles. The third kappa shape index (κ3) is 1.28. The number of anilines is 1. The van der Waals surface area contributed by atoms with E-state index in [1.165, 1.54) is 11.3 Å². The van der Waals surface area contributed by atoms with Crippen LogP contribution >= 0.6 is 0 Å². The van der Waals surface area contributed by atoms with E-state index in [-0.39, 0.29) is 5.41 Å². The van der Waals surface area contributed by atoms with E-state index in [0.29, 0.717) is 6.04 Å². The fraction of sp³-hybridized carbons (Fsp3) is 0.462. The molecule has 0 fully saturated rings. The van der Waals surface area contributed by atoms with Gasteiger partial charge in [-0.2, -0.15) is 0 Å². The van der Waals surface area contributed by atoms with Crippen LogP contribution in [0.3, 0.4) is 0 Å². The maximum absolute atomic E-state index is 10.8. The van der Waals surface area contributed by atoms with Gasteiger partial charge in [0, 0.05) is 29.8 Å². The fourth-order valence-electron chi connectivity index (χ4n) is 2.37. The SMILES string of the molecule is CC1N(C)c2ccc(C=O)cc2C1(C)C. The Labute approximate surface area is 90.9 Å². The highest BCUT2D eigenvalue weighted by atomic mass is 16.1. The molecule has 0 saturated carbocycles. The predicted octanol–water partition coefficient (Wildman–Crippen LogP) is 2.62. The lowest BCUT2D eigenvalue weighted by atomic mass is 9.81. The normalized spacial score (nSPS) is 22.7. The Hall–Kier alpha value is -1.31. The summed E-state index contributed by atoms with van der Waals surface area (Å²) in [5.41, 5.74) is 3.41. The molecule has 1 unspecified atom stereocenters. The zero-order chi connectivity index (χ0) is 11.2. The highest BCUT2D eigenvalue weighted by molar-refractivity contribution is 5.78. The molecule has 0 radical (unpaired) electrons. The summed E-state index contributed by atoms with van der Waals surface area (Å²) in [5.74, 6) is 0. The second-order valence-corrected chi connectivity index (χ2v) is 4.90. The minimum atomic E-state index is 0.114. The van der Waals surface area contributed by atoms with E-state index < -0.39 is 0 Å². The first-order chi connectivity index (χ1) is 6.98. The number of aldehydes is 1. The number of rotatable bonds is 1. The number of benzene rings is 1. The van der Waals surface area contributed by atoms with Crippen LogP contribution < -0.4 is 4.90 Å². The molecule has 0 aliphatic carbocycles. The maximum Gasteiger partial charge on any atom is 0.150 e. The summed E-state index contributed by atoms with van der Waals surface area (Å²) >= 11 is 0. The van der Waals surface area contributed by atoms with Crippen LogP contribution in [0.15, 0.2) is 18.2 Å². The molecule has 15 heavy (non-hydrogen) atoms. The van der Waals surface area contributed by atoms with Crippen molar-refractivity contribution in [2.75, 3.05) is 11.9 Å². The van der Waals surface area contributed by atoms with E-state index in [1.54, 1.807) is 0 Å². The van der Waals surface area contributed by atoms with Crippen molar-refractivity contribution < 1.29 is 4.79 Å². The molecule has 0 aromatic heterocycles. The van der Waals surface area contributed by atoms with Gasteiger partial charge in [0.05, 0.1) is 0 Å². The average molecular weight is 203 g/mol. The molecule has 2 rings (SSSR count). The number of hydrogen-bond donors (Lipinski definition) is 0. The second kappa shape index (κ2) is 3.09. The standard InChI is InChI=1S/C13H17NO/c1-9-13(2,3)11-7-10(8-15)5-6-12(11)14(9)4/h5-9H,1-4H3. The summed E-state index contributed by atoms with van der Waals surface area (Å²) in [4.78, 5) is 13.0. The number of fused-ring (bicyclic) bond motifs is 1. The Morgan fingerprint density at radius 1 is 1.40 bits per heavy atom. The Morgan fingerprint density at radius 3 is 2.67 bits per heavy atom. The van der Waals surface area contributed by atoms with Gasteiger partial charge in [-0.05, 0) is 30.7 Å². The highest BCUT2D eigenvalue weighted by Crippen LogP contribution is 2.44. The van der Waals surface area contributed by atoms with Crippen molar-refractivity contribution in [3.8, 4) is 0 Å². The summed E-state index contributed by atoms with van der Waals surface area (Å²) in [6.45, 7) is 6.68. The van der Waals surface area contributed by atoms with Gasteiger partial charge in [0.25, 0.3) is 0 Å². The zero-order valence-corrected chi connectivity index (χ0v) is 9.74. The largest absolute Gasteiger partial charge is 0.371 e. The Balaban J connectivity index is 2.62. The first-order valence-electron chi connectivity index (χ1n) is 5.31. The Bertz CT molecular complexity index is 409.